The number of rotatable bonds is 7. The van der Waals surface area contributed by atoms with Gasteiger partial charge in [0.25, 0.3) is 0 Å². The molecule has 156 valence electrons. The van der Waals surface area contributed by atoms with Crippen molar-refractivity contribution in [3.8, 4) is 17.5 Å². The van der Waals surface area contributed by atoms with Crippen LogP contribution in [0.4, 0.5) is 4.79 Å². The van der Waals surface area contributed by atoms with Crippen molar-refractivity contribution in [3.63, 3.8) is 0 Å². The van der Waals surface area contributed by atoms with Crippen LogP contribution in [0.2, 0.25) is 0 Å². The molecule has 1 atom stereocenters. The van der Waals surface area contributed by atoms with E-state index in [9.17, 15) is 9.90 Å². The van der Waals surface area contributed by atoms with Crippen LogP contribution >= 0.6 is 11.8 Å². The molecule has 0 spiro atoms. The zero-order valence-electron chi connectivity index (χ0n) is 16.4. The number of carbonyl (C=O) groups is 1. The first-order chi connectivity index (χ1) is 14.0. The van der Waals surface area contributed by atoms with E-state index in [-0.39, 0.29) is 6.61 Å². The highest BCUT2D eigenvalue weighted by molar-refractivity contribution is 7.99. The summed E-state index contributed by atoms with van der Waals surface area (Å²) in [5.41, 5.74) is 1.28. The van der Waals surface area contributed by atoms with E-state index >= 15 is 0 Å². The van der Waals surface area contributed by atoms with Gasteiger partial charge in [-0.2, -0.15) is 0 Å². The van der Waals surface area contributed by atoms with Gasteiger partial charge < -0.3 is 19.7 Å². The first-order valence-electron chi connectivity index (χ1n) is 9.36. The number of amides is 1. The van der Waals surface area contributed by atoms with Crippen LogP contribution in [0, 0.1) is 13.8 Å². The van der Waals surface area contributed by atoms with Crippen molar-refractivity contribution in [1.29, 1.82) is 0 Å². The number of likely N-dealkylation sites (tertiary alicyclic amines) is 1. The molecule has 1 unspecified atom stereocenters. The topological polar surface area (TPSA) is 118 Å². The van der Waals surface area contributed by atoms with Gasteiger partial charge in [-0.3, -0.25) is 4.90 Å². The van der Waals surface area contributed by atoms with E-state index in [1.807, 2.05) is 13.0 Å². The van der Waals surface area contributed by atoms with E-state index in [4.69, 9.17) is 14.6 Å². The molecule has 3 rings (SSSR count). The molecular formula is C19H24N4O5S. The van der Waals surface area contributed by atoms with Crippen LogP contribution in [-0.2, 0) is 0 Å². The van der Waals surface area contributed by atoms with Crippen LogP contribution < -0.4 is 9.47 Å². The van der Waals surface area contributed by atoms with Gasteiger partial charge in [-0.05, 0) is 38.8 Å². The summed E-state index contributed by atoms with van der Waals surface area (Å²) in [5, 5.41) is 19.1. The molecule has 9 nitrogen and oxygen atoms in total. The molecule has 3 heterocycles. The third-order valence-electron chi connectivity index (χ3n) is 4.49. The van der Waals surface area contributed by atoms with Crippen LogP contribution in [-0.4, -0.2) is 61.3 Å². The molecule has 1 amide bonds. The lowest BCUT2D eigenvalue weighted by Gasteiger charge is -2.33. The van der Waals surface area contributed by atoms with Crippen LogP contribution in [0.5, 0.6) is 17.5 Å². The fourth-order valence-corrected chi connectivity index (χ4v) is 3.65. The number of aliphatic hydroxyl groups is 1. The lowest BCUT2D eigenvalue weighted by molar-refractivity contribution is 0.00273. The summed E-state index contributed by atoms with van der Waals surface area (Å²) in [6.07, 6.45) is 2.09. The highest BCUT2D eigenvalue weighted by atomic mass is 32.2. The Balaban J connectivity index is 1.76. The normalized spacial score (nSPS) is 16.5. The lowest BCUT2D eigenvalue weighted by Crippen LogP contribution is -2.46. The van der Waals surface area contributed by atoms with Crippen molar-refractivity contribution >= 4 is 17.9 Å². The molecule has 1 aliphatic rings. The van der Waals surface area contributed by atoms with Gasteiger partial charge in [0.2, 0.25) is 11.8 Å². The average Bonchev–Trinajstić information content (AvgIpc) is 2.71. The first-order valence-corrected chi connectivity index (χ1v) is 10.3. The number of aryl methyl sites for hydroxylation is 1. The molecule has 10 heteroatoms. The van der Waals surface area contributed by atoms with Crippen LogP contribution in [0.25, 0.3) is 0 Å². The van der Waals surface area contributed by atoms with E-state index in [2.05, 4.69) is 15.0 Å². The molecular weight excluding hydrogens is 396 g/mol. The maximum absolute atomic E-state index is 11.4. The summed E-state index contributed by atoms with van der Waals surface area (Å²) >= 11 is 1.46. The number of aliphatic hydroxyl groups excluding tert-OH is 1. The van der Waals surface area contributed by atoms with Crippen LogP contribution in [0.15, 0.2) is 23.5 Å². The fourth-order valence-electron chi connectivity index (χ4n) is 2.98. The summed E-state index contributed by atoms with van der Waals surface area (Å²) in [4.78, 5) is 25.5. The molecule has 1 saturated heterocycles. The number of hydrogen-bond acceptors (Lipinski definition) is 8. The second-order valence-electron chi connectivity index (χ2n) is 6.56. The van der Waals surface area contributed by atoms with Crippen molar-refractivity contribution < 1.29 is 24.5 Å². The van der Waals surface area contributed by atoms with Crippen molar-refractivity contribution in [3.05, 3.63) is 29.7 Å². The number of hydrogen-bond donors (Lipinski definition) is 2. The fraction of sp³-hybridized carbons (Fsp3) is 0.474. The van der Waals surface area contributed by atoms with E-state index in [1.165, 1.54) is 23.0 Å². The summed E-state index contributed by atoms with van der Waals surface area (Å²) in [5.74, 6) is 1.76. The SMILES string of the molecule is Cc1nc(SCCO)ccc1Oc1ncnc(OC2CCCCN2C(=O)O)c1C. The Morgan fingerprint density at radius 2 is 2.07 bits per heavy atom. The van der Waals surface area contributed by atoms with E-state index in [0.717, 1.165) is 17.9 Å². The number of thioether (sulfide) groups is 1. The molecule has 2 N–H and O–H groups in total. The van der Waals surface area contributed by atoms with E-state index in [1.54, 1.807) is 13.0 Å². The van der Waals surface area contributed by atoms with Crippen molar-refractivity contribution in [1.82, 2.24) is 19.9 Å². The smallest absolute Gasteiger partial charge is 0.410 e. The van der Waals surface area contributed by atoms with Crippen LogP contribution in [0.1, 0.15) is 30.5 Å². The second kappa shape index (κ2) is 9.75. The maximum Gasteiger partial charge on any atom is 0.410 e. The predicted octanol–water partition coefficient (Wildman–Crippen LogP) is 3.23. The zero-order chi connectivity index (χ0) is 20.8. The van der Waals surface area contributed by atoms with Gasteiger partial charge in [0.1, 0.15) is 6.33 Å². The van der Waals surface area contributed by atoms with Crippen molar-refractivity contribution in [2.24, 2.45) is 0 Å². The highest BCUT2D eigenvalue weighted by Crippen LogP contribution is 2.31. The molecule has 0 aliphatic carbocycles. The van der Waals surface area contributed by atoms with Gasteiger partial charge in [-0.15, -0.1) is 11.8 Å². The molecule has 29 heavy (non-hydrogen) atoms. The third kappa shape index (κ3) is 5.27. The van der Waals surface area contributed by atoms with Gasteiger partial charge >= 0.3 is 6.09 Å². The monoisotopic (exact) mass is 420 g/mol. The molecule has 0 aromatic carbocycles. The molecule has 0 radical (unpaired) electrons. The molecule has 2 aromatic rings. The summed E-state index contributed by atoms with van der Waals surface area (Å²) in [6, 6.07) is 3.63. The largest absolute Gasteiger partial charge is 0.465 e. The number of ether oxygens (including phenoxy) is 2. The van der Waals surface area contributed by atoms with Gasteiger partial charge in [-0.1, -0.05) is 0 Å². The summed E-state index contributed by atoms with van der Waals surface area (Å²) in [7, 11) is 0. The molecule has 0 bridgehead atoms. The second-order valence-corrected chi connectivity index (χ2v) is 7.68. The van der Waals surface area contributed by atoms with Gasteiger partial charge in [0, 0.05) is 18.7 Å². The zero-order valence-corrected chi connectivity index (χ0v) is 17.2. The maximum atomic E-state index is 11.4. The van der Waals surface area contributed by atoms with E-state index < -0.39 is 12.3 Å². The predicted molar refractivity (Wildman–Crippen MR) is 107 cm³/mol. The summed E-state index contributed by atoms with van der Waals surface area (Å²) < 4.78 is 11.8. The number of piperidine rings is 1. The molecule has 2 aromatic heterocycles. The Bertz CT molecular complexity index is 866. The number of pyridine rings is 1. The number of nitrogens with zero attached hydrogens (tertiary/aromatic N) is 4. The van der Waals surface area contributed by atoms with Gasteiger partial charge in [0.05, 0.1) is 22.9 Å². The quantitative estimate of drug-likeness (QED) is 0.651. The average molecular weight is 420 g/mol. The van der Waals surface area contributed by atoms with Gasteiger partial charge in [0.15, 0.2) is 12.0 Å². The minimum absolute atomic E-state index is 0.0901. The van der Waals surface area contributed by atoms with Crippen LogP contribution in [0.3, 0.4) is 0 Å². The minimum Gasteiger partial charge on any atom is -0.465 e. The Labute approximate surface area is 173 Å². The molecule has 0 saturated carbocycles. The minimum atomic E-state index is -1.00. The number of carboxylic acid groups (broad SMARTS) is 1. The summed E-state index contributed by atoms with van der Waals surface area (Å²) in [6.45, 7) is 4.14. The molecule has 1 fully saturated rings. The van der Waals surface area contributed by atoms with Crippen molar-refractivity contribution in [2.45, 2.75) is 44.4 Å². The van der Waals surface area contributed by atoms with E-state index in [0.29, 0.717) is 47.5 Å². The van der Waals surface area contributed by atoms with Crippen molar-refractivity contribution in [2.75, 3.05) is 18.9 Å². The lowest BCUT2D eigenvalue weighted by atomic mass is 10.1. The highest BCUT2D eigenvalue weighted by Gasteiger charge is 2.29. The standard InChI is InChI=1S/C19H24N4O5S/c1-12-17(27-14-6-7-15(22-13(14)2)29-10-9-24)20-11-21-18(12)28-16-5-3-4-8-23(16)19(25)26/h6-7,11,16,24H,3-5,8-10H2,1-2H3,(H,25,26). The Morgan fingerprint density at radius 3 is 2.79 bits per heavy atom. The Morgan fingerprint density at radius 1 is 1.28 bits per heavy atom. The number of aromatic nitrogens is 3. The Kier molecular flexibility index (Phi) is 7.10. The Hall–Kier alpha value is -2.59. The first kappa shape index (κ1) is 21.1. The third-order valence-corrected chi connectivity index (χ3v) is 5.40. The van der Waals surface area contributed by atoms with Gasteiger partial charge in [-0.25, -0.2) is 19.7 Å². The molecule has 1 aliphatic heterocycles.